The molecule has 0 heterocycles. The second-order valence-electron chi connectivity index (χ2n) is 2.67. The minimum Gasteiger partial charge on any atom is -0.472 e. The molecule has 4 heteroatoms. The lowest BCUT2D eigenvalue weighted by atomic mass is 10.2. The second-order valence-corrected chi connectivity index (χ2v) is 2.67. The van der Waals surface area contributed by atoms with Gasteiger partial charge in [0.05, 0.1) is 0 Å². The van der Waals surface area contributed by atoms with Gasteiger partial charge >= 0.3 is 11.9 Å². The standard InChI is InChI=1S/C11H8O4/c1-8(12)15-10-5-2-9(3-6-10)4-7-11(13)14/h2-3,5-6H,1H3,(H,13,14). The fourth-order valence-corrected chi connectivity index (χ4v) is 0.898. The maximum Gasteiger partial charge on any atom is 0.382 e. The van der Waals surface area contributed by atoms with Gasteiger partial charge in [-0.1, -0.05) is 5.92 Å². The largest absolute Gasteiger partial charge is 0.472 e. The van der Waals surface area contributed by atoms with Gasteiger partial charge in [-0.25, -0.2) is 4.79 Å². The number of carboxylic acid groups (broad SMARTS) is 1. The topological polar surface area (TPSA) is 63.6 Å². The molecule has 0 atom stereocenters. The van der Waals surface area contributed by atoms with E-state index in [4.69, 9.17) is 9.84 Å². The van der Waals surface area contributed by atoms with Crippen molar-refractivity contribution >= 4 is 11.9 Å². The van der Waals surface area contributed by atoms with Crippen LogP contribution in [-0.2, 0) is 9.59 Å². The van der Waals surface area contributed by atoms with Crippen LogP contribution in [0.4, 0.5) is 0 Å². The van der Waals surface area contributed by atoms with Gasteiger partial charge in [-0.05, 0) is 24.3 Å². The lowest BCUT2D eigenvalue weighted by Crippen LogP contribution is -2.00. The van der Waals surface area contributed by atoms with E-state index < -0.39 is 11.9 Å². The highest BCUT2D eigenvalue weighted by molar-refractivity contribution is 5.87. The second kappa shape index (κ2) is 4.82. The Labute approximate surface area is 86.5 Å². The van der Waals surface area contributed by atoms with Crippen LogP contribution in [0.5, 0.6) is 5.75 Å². The van der Waals surface area contributed by atoms with Crippen LogP contribution < -0.4 is 4.74 Å². The van der Waals surface area contributed by atoms with E-state index in [1.165, 1.54) is 6.92 Å². The summed E-state index contributed by atoms with van der Waals surface area (Å²) >= 11 is 0. The maximum absolute atomic E-state index is 10.6. The third-order valence-corrected chi connectivity index (χ3v) is 1.43. The van der Waals surface area contributed by atoms with Crippen molar-refractivity contribution in [2.24, 2.45) is 0 Å². The highest BCUT2D eigenvalue weighted by Crippen LogP contribution is 2.11. The molecule has 0 aromatic heterocycles. The molecular formula is C11H8O4. The fraction of sp³-hybridized carbons (Fsp3) is 0.0909. The molecule has 1 N–H and O–H groups in total. The van der Waals surface area contributed by atoms with Crippen LogP contribution >= 0.6 is 0 Å². The first-order chi connectivity index (χ1) is 7.08. The van der Waals surface area contributed by atoms with E-state index in [9.17, 15) is 9.59 Å². The Morgan fingerprint density at radius 2 is 1.87 bits per heavy atom. The van der Waals surface area contributed by atoms with Crippen LogP contribution in [0, 0.1) is 11.8 Å². The molecule has 0 unspecified atom stereocenters. The minimum absolute atomic E-state index is 0.403. The summed E-state index contributed by atoms with van der Waals surface area (Å²) in [5.41, 5.74) is 0.549. The number of carboxylic acids is 1. The number of carbonyl (C=O) groups excluding carboxylic acids is 1. The van der Waals surface area contributed by atoms with Gasteiger partial charge in [0.15, 0.2) is 0 Å². The van der Waals surface area contributed by atoms with E-state index in [1.54, 1.807) is 24.3 Å². The van der Waals surface area contributed by atoms with Crippen LogP contribution in [0.25, 0.3) is 0 Å². The first-order valence-electron chi connectivity index (χ1n) is 4.11. The van der Waals surface area contributed by atoms with Gasteiger partial charge < -0.3 is 9.84 Å². The van der Waals surface area contributed by atoms with Crippen molar-refractivity contribution in [3.8, 4) is 17.6 Å². The van der Waals surface area contributed by atoms with E-state index in [2.05, 4.69) is 5.92 Å². The Bertz CT molecular complexity index is 434. The zero-order chi connectivity index (χ0) is 11.3. The molecule has 0 aliphatic rings. The SMILES string of the molecule is CC(=O)Oc1ccc(C#CC(=O)O)cc1. The van der Waals surface area contributed by atoms with Crippen LogP contribution in [0.2, 0.25) is 0 Å². The summed E-state index contributed by atoms with van der Waals surface area (Å²) in [5, 5.41) is 8.31. The van der Waals surface area contributed by atoms with Gasteiger partial charge in [-0.15, -0.1) is 0 Å². The van der Waals surface area contributed by atoms with Gasteiger partial charge in [-0.3, -0.25) is 4.79 Å². The molecule has 0 aliphatic heterocycles. The number of esters is 1. The molecule has 0 aliphatic carbocycles. The zero-order valence-electron chi connectivity index (χ0n) is 7.98. The van der Waals surface area contributed by atoms with Crippen molar-refractivity contribution in [3.05, 3.63) is 29.8 Å². The number of benzene rings is 1. The third kappa shape index (κ3) is 3.96. The van der Waals surface area contributed by atoms with E-state index >= 15 is 0 Å². The van der Waals surface area contributed by atoms with Crippen molar-refractivity contribution < 1.29 is 19.4 Å². The first kappa shape index (κ1) is 10.8. The molecule has 1 aromatic carbocycles. The molecule has 0 fully saturated rings. The van der Waals surface area contributed by atoms with E-state index in [-0.39, 0.29) is 0 Å². The molecule has 0 radical (unpaired) electrons. The Kier molecular flexibility index (Phi) is 3.47. The summed E-state index contributed by atoms with van der Waals surface area (Å²) in [6.45, 7) is 1.30. The van der Waals surface area contributed by atoms with Gasteiger partial charge in [0, 0.05) is 18.4 Å². The Balaban J connectivity index is 2.78. The van der Waals surface area contributed by atoms with Gasteiger partial charge in [-0.2, -0.15) is 0 Å². The summed E-state index contributed by atoms with van der Waals surface area (Å²) in [5.74, 6) is 3.24. The van der Waals surface area contributed by atoms with Crippen molar-refractivity contribution in [2.75, 3.05) is 0 Å². The Morgan fingerprint density at radius 3 is 2.33 bits per heavy atom. The predicted octanol–water partition coefficient (Wildman–Crippen LogP) is 1.05. The quantitative estimate of drug-likeness (QED) is 0.422. The molecule has 1 aromatic rings. The first-order valence-corrected chi connectivity index (χ1v) is 4.11. The van der Waals surface area contributed by atoms with Crippen molar-refractivity contribution in [1.82, 2.24) is 0 Å². The molecule has 0 amide bonds. The van der Waals surface area contributed by atoms with Gasteiger partial charge in [0.1, 0.15) is 5.75 Å². The molecule has 0 saturated heterocycles. The Morgan fingerprint density at radius 1 is 1.27 bits per heavy atom. The van der Waals surface area contributed by atoms with Gasteiger partial charge in [0.2, 0.25) is 0 Å². The highest BCUT2D eigenvalue weighted by atomic mass is 16.5. The number of rotatable bonds is 1. The van der Waals surface area contributed by atoms with E-state index in [0.29, 0.717) is 11.3 Å². The molecular weight excluding hydrogens is 196 g/mol. The van der Waals surface area contributed by atoms with E-state index in [0.717, 1.165) is 0 Å². The number of hydrogen-bond acceptors (Lipinski definition) is 3. The average molecular weight is 204 g/mol. The number of carbonyl (C=O) groups is 2. The molecule has 1 rings (SSSR count). The fourth-order valence-electron chi connectivity index (χ4n) is 0.898. The lowest BCUT2D eigenvalue weighted by molar-refractivity contribution is -0.132. The minimum atomic E-state index is -1.18. The van der Waals surface area contributed by atoms with Crippen molar-refractivity contribution in [1.29, 1.82) is 0 Å². The normalized spacial score (nSPS) is 8.60. The van der Waals surface area contributed by atoms with Crippen LogP contribution in [-0.4, -0.2) is 17.0 Å². The van der Waals surface area contributed by atoms with E-state index in [1.807, 2.05) is 5.92 Å². The van der Waals surface area contributed by atoms with Crippen LogP contribution in [0.3, 0.4) is 0 Å². The lowest BCUT2D eigenvalue weighted by Gasteiger charge is -1.99. The average Bonchev–Trinajstić information content (AvgIpc) is 2.16. The van der Waals surface area contributed by atoms with Gasteiger partial charge in [0.25, 0.3) is 0 Å². The molecule has 0 saturated carbocycles. The molecule has 76 valence electrons. The maximum atomic E-state index is 10.6. The highest BCUT2D eigenvalue weighted by Gasteiger charge is 1.96. The van der Waals surface area contributed by atoms with Crippen molar-refractivity contribution in [3.63, 3.8) is 0 Å². The predicted molar refractivity (Wildman–Crippen MR) is 52.3 cm³/mol. The van der Waals surface area contributed by atoms with Crippen molar-refractivity contribution in [2.45, 2.75) is 6.92 Å². The third-order valence-electron chi connectivity index (χ3n) is 1.43. The number of hydrogen-bond donors (Lipinski definition) is 1. The smallest absolute Gasteiger partial charge is 0.382 e. The summed E-state index contributed by atoms with van der Waals surface area (Å²) in [4.78, 5) is 20.7. The molecule has 15 heavy (non-hydrogen) atoms. The summed E-state index contributed by atoms with van der Waals surface area (Å²) in [6.07, 6.45) is 0. The summed E-state index contributed by atoms with van der Waals surface area (Å²) < 4.78 is 4.79. The van der Waals surface area contributed by atoms with Crippen LogP contribution in [0.15, 0.2) is 24.3 Å². The molecule has 0 bridgehead atoms. The number of aliphatic carboxylic acids is 1. The van der Waals surface area contributed by atoms with Crippen LogP contribution in [0.1, 0.15) is 12.5 Å². The zero-order valence-corrected chi connectivity index (χ0v) is 7.98. The Hall–Kier alpha value is -2.28. The molecule has 4 nitrogen and oxygen atoms in total. The molecule has 0 spiro atoms. The monoisotopic (exact) mass is 204 g/mol. The summed E-state index contributed by atoms with van der Waals surface area (Å²) in [6, 6.07) is 6.25. The number of ether oxygens (including phenoxy) is 1. The summed E-state index contributed by atoms with van der Waals surface area (Å²) in [7, 11) is 0.